The molecule has 0 unspecified atom stereocenters. The summed E-state index contributed by atoms with van der Waals surface area (Å²) in [6.45, 7) is 0.358. The van der Waals surface area contributed by atoms with Crippen LogP contribution in [0.3, 0.4) is 0 Å². The van der Waals surface area contributed by atoms with E-state index in [4.69, 9.17) is 17.3 Å². The fraction of sp³-hybridized carbons (Fsp3) is 0.200. The number of thioether (sulfide) groups is 1. The third-order valence-electron chi connectivity index (χ3n) is 6.02. The maximum atomic E-state index is 13.2. The van der Waals surface area contributed by atoms with E-state index in [1.54, 1.807) is 41.2 Å². The molecule has 2 aliphatic heterocycles. The number of aliphatic carboxylic acids is 1. The molecule has 2 fully saturated rings. The number of para-hydroxylation sites is 1. The topological polar surface area (TPSA) is 116 Å². The number of rotatable bonds is 7. The Morgan fingerprint density at radius 2 is 1.84 bits per heavy atom. The second kappa shape index (κ2) is 10.2. The monoisotopic (exact) mass is 553 g/mol. The third-order valence-corrected chi connectivity index (χ3v) is 9.29. The van der Waals surface area contributed by atoms with E-state index in [-0.39, 0.29) is 14.1 Å². The van der Waals surface area contributed by atoms with Crippen molar-refractivity contribution in [2.24, 2.45) is 0 Å². The minimum atomic E-state index is -3.64. The number of sulfonamides is 1. The number of thiocarbonyl (C=S) groups is 1. The number of aromatic nitrogens is 2. The number of nitrogens with zero attached hydrogens (tertiary/aromatic N) is 4. The van der Waals surface area contributed by atoms with E-state index in [2.05, 4.69) is 0 Å². The van der Waals surface area contributed by atoms with Crippen molar-refractivity contribution in [2.45, 2.75) is 17.7 Å². The molecule has 0 saturated carbocycles. The van der Waals surface area contributed by atoms with Crippen LogP contribution in [-0.4, -0.2) is 63.2 Å². The molecule has 3 aromatic rings. The maximum absolute atomic E-state index is 13.2. The zero-order valence-electron chi connectivity index (χ0n) is 19.4. The van der Waals surface area contributed by atoms with Crippen LogP contribution in [-0.2, 0) is 19.6 Å². The Morgan fingerprint density at radius 1 is 1.11 bits per heavy atom. The molecule has 0 spiro atoms. The second-order valence-corrected chi connectivity index (χ2v) is 12.1. The van der Waals surface area contributed by atoms with Crippen molar-refractivity contribution in [1.82, 2.24) is 19.0 Å². The van der Waals surface area contributed by atoms with Crippen LogP contribution in [0.15, 0.2) is 70.6 Å². The van der Waals surface area contributed by atoms with Crippen LogP contribution in [0.2, 0.25) is 0 Å². The molecule has 1 amide bonds. The summed E-state index contributed by atoms with van der Waals surface area (Å²) in [5.41, 5.74) is 2.35. The van der Waals surface area contributed by atoms with Crippen LogP contribution >= 0.6 is 24.0 Å². The van der Waals surface area contributed by atoms with Crippen LogP contribution in [0.4, 0.5) is 0 Å². The van der Waals surface area contributed by atoms with Crippen molar-refractivity contribution < 1.29 is 23.1 Å². The Kier molecular flexibility index (Phi) is 6.99. The molecular weight excluding hydrogens is 532 g/mol. The van der Waals surface area contributed by atoms with Crippen LogP contribution < -0.4 is 5.11 Å². The van der Waals surface area contributed by atoms with E-state index in [1.807, 2.05) is 30.3 Å². The normalized spacial score (nSPS) is 17.7. The predicted octanol–water partition coefficient (Wildman–Crippen LogP) is 2.27. The molecule has 1 aromatic heterocycles. The van der Waals surface area contributed by atoms with Gasteiger partial charge in [-0.3, -0.25) is 9.69 Å². The number of benzene rings is 2. The van der Waals surface area contributed by atoms with E-state index >= 15 is 0 Å². The molecule has 0 bridgehead atoms. The van der Waals surface area contributed by atoms with Gasteiger partial charge in [-0.2, -0.15) is 9.40 Å². The van der Waals surface area contributed by atoms with Crippen molar-refractivity contribution in [3.05, 3.63) is 71.3 Å². The first-order valence-electron chi connectivity index (χ1n) is 11.4. The number of carboxylic acid groups (broad SMARTS) is 1. The molecule has 3 heterocycles. The highest BCUT2D eigenvalue weighted by atomic mass is 32.2. The molecule has 2 aromatic carbocycles. The van der Waals surface area contributed by atoms with E-state index in [1.165, 1.54) is 4.31 Å². The first kappa shape index (κ1) is 25.3. The van der Waals surface area contributed by atoms with Crippen LogP contribution in [0.5, 0.6) is 0 Å². The lowest BCUT2D eigenvalue weighted by molar-refractivity contribution is -0.305. The van der Waals surface area contributed by atoms with Crippen molar-refractivity contribution in [1.29, 1.82) is 0 Å². The minimum absolute atomic E-state index is 0.121. The summed E-state index contributed by atoms with van der Waals surface area (Å²) >= 11 is 6.18. The van der Waals surface area contributed by atoms with Crippen molar-refractivity contribution in [3.8, 4) is 16.9 Å². The molecule has 2 aliphatic rings. The molecule has 37 heavy (non-hydrogen) atoms. The Morgan fingerprint density at radius 3 is 2.54 bits per heavy atom. The standard InChI is InChI=1S/C25H22N4O5S3/c30-22(31)16-28-24(32)21(36-25(28)35)14-18-15-29(19-8-2-1-3-9-19)26-23(18)17-7-6-10-20(13-17)37(33,34)27-11-4-5-12-27/h1-3,6-10,13-15H,4-5,11-12,16H2,(H,30,31)/p-1/b21-14-. The van der Waals surface area contributed by atoms with Gasteiger partial charge in [0.1, 0.15) is 10.0 Å². The fourth-order valence-electron chi connectivity index (χ4n) is 4.22. The largest absolute Gasteiger partial charge is 0.548 e. The van der Waals surface area contributed by atoms with Gasteiger partial charge in [-0.1, -0.05) is 54.3 Å². The summed E-state index contributed by atoms with van der Waals surface area (Å²) in [5.74, 6) is -1.95. The number of amides is 1. The summed E-state index contributed by atoms with van der Waals surface area (Å²) in [6.07, 6.45) is 5.00. The van der Waals surface area contributed by atoms with Gasteiger partial charge in [-0.15, -0.1) is 0 Å². The number of carbonyl (C=O) groups is 2. The van der Waals surface area contributed by atoms with Gasteiger partial charge in [0.25, 0.3) is 5.91 Å². The van der Waals surface area contributed by atoms with Crippen LogP contribution in [0, 0.1) is 0 Å². The third kappa shape index (κ3) is 5.10. The average molecular weight is 554 g/mol. The lowest BCUT2D eigenvalue weighted by Gasteiger charge is -2.16. The quantitative estimate of drug-likeness (QED) is 0.323. The van der Waals surface area contributed by atoms with Gasteiger partial charge in [0, 0.05) is 30.4 Å². The van der Waals surface area contributed by atoms with Gasteiger partial charge in [0.15, 0.2) is 0 Å². The van der Waals surface area contributed by atoms with Gasteiger partial charge in [-0.05, 0) is 43.2 Å². The van der Waals surface area contributed by atoms with E-state index < -0.39 is 28.4 Å². The average Bonchev–Trinajstić information content (AvgIpc) is 3.63. The van der Waals surface area contributed by atoms with Crippen molar-refractivity contribution in [2.75, 3.05) is 19.6 Å². The molecule has 12 heteroatoms. The molecule has 9 nitrogen and oxygen atoms in total. The molecule has 5 rings (SSSR count). The molecule has 0 radical (unpaired) electrons. The Balaban J connectivity index is 1.59. The molecule has 0 aliphatic carbocycles. The summed E-state index contributed by atoms with van der Waals surface area (Å²) in [5, 5.41) is 15.8. The van der Waals surface area contributed by atoms with E-state index in [0.717, 1.165) is 35.2 Å². The van der Waals surface area contributed by atoms with Crippen molar-refractivity contribution in [3.63, 3.8) is 0 Å². The molecule has 2 saturated heterocycles. The van der Waals surface area contributed by atoms with Gasteiger partial charge in [0.05, 0.1) is 28.0 Å². The number of carboxylic acids is 1. The maximum Gasteiger partial charge on any atom is 0.266 e. The lowest BCUT2D eigenvalue weighted by atomic mass is 10.1. The summed E-state index contributed by atoms with van der Waals surface area (Å²) in [7, 11) is -3.64. The Labute approximate surface area is 223 Å². The summed E-state index contributed by atoms with van der Waals surface area (Å²) < 4.78 is 29.6. The Hall–Kier alpha value is -3.32. The SMILES string of the molecule is O=C([O-])CN1C(=O)/C(=C/c2cn(-c3ccccc3)nc2-c2cccc(S(=O)(=O)N3CCCC3)c2)SC1=S. The molecule has 0 atom stereocenters. The smallest absolute Gasteiger partial charge is 0.266 e. The van der Waals surface area contributed by atoms with Crippen LogP contribution in [0.1, 0.15) is 18.4 Å². The minimum Gasteiger partial charge on any atom is -0.548 e. The number of carbonyl (C=O) groups excluding carboxylic acids is 2. The van der Waals surface area contributed by atoms with E-state index in [9.17, 15) is 23.1 Å². The number of hydrogen-bond donors (Lipinski definition) is 0. The molecule has 190 valence electrons. The van der Waals surface area contributed by atoms with Gasteiger partial charge < -0.3 is 9.90 Å². The number of hydrogen-bond acceptors (Lipinski definition) is 8. The van der Waals surface area contributed by atoms with Gasteiger partial charge in [-0.25, -0.2) is 13.1 Å². The van der Waals surface area contributed by atoms with Gasteiger partial charge in [0.2, 0.25) is 10.0 Å². The lowest BCUT2D eigenvalue weighted by Crippen LogP contribution is -2.40. The van der Waals surface area contributed by atoms with Gasteiger partial charge >= 0.3 is 0 Å². The van der Waals surface area contributed by atoms with Crippen LogP contribution in [0.25, 0.3) is 23.0 Å². The summed E-state index contributed by atoms with van der Waals surface area (Å²) in [4.78, 5) is 25.3. The fourth-order valence-corrected chi connectivity index (χ4v) is 7.03. The molecular formula is C25H21N4O5S3-. The highest BCUT2D eigenvalue weighted by Crippen LogP contribution is 2.35. The highest BCUT2D eigenvalue weighted by Gasteiger charge is 2.33. The Bertz CT molecular complexity index is 1530. The summed E-state index contributed by atoms with van der Waals surface area (Å²) in [6, 6.07) is 15.9. The zero-order valence-corrected chi connectivity index (χ0v) is 21.9. The first-order chi connectivity index (χ1) is 17.7. The second-order valence-electron chi connectivity index (χ2n) is 8.49. The van der Waals surface area contributed by atoms with E-state index in [0.29, 0.717) is 29.9 Å². The van der Waals surface area contributed by atoms with Crippen molar-refractivity contribution >= 4 is 56.3 Å². The predicted molar refractivity (Wildman–Crippen MR) is 142 cm³/mol. The first-order valence-corrected chi connectivity index (χ1v) is 14.1. The highest BCUT2D eigenvalue weighted by molar-refractivity contribution is 8.26. The molecule has 0 N–H and O–H groups in total. The zero-order chi connectivity index (χ0) is 26.2.